The van der Waals surface area contributed by atoms with Gasteiger partial charge < -0.3 is 10.3 Å². The summed E-state index contributed by atoms with van der Waals surface area (Å²) in [5, 5.41) is 24.4. The van der Waals surface area contributed by atoms with Crippen LogP contribution in [0.25, 0.3) is 0 Å². The molecule has 0 radical (unpaired) electrons. The molecule has 0 amide bonds. The maximum atomic E-state index is 9.92. The minimum absolute atomic E-state index is 0.299. The van der Waals surface area contributed by atoms with E-state index in [1.807, 2.05) is 0 Å². The second-order valence-electron chi connectivity index (χ2n) is 1.79. The van der Waals surface area contributed by atoms with Crippen LogP contribution in [0.15, 0.2) is 0 Å². The Balaban J connectivity index is 3.43. The van der Waals surface area contributed by atoms with Gasteiger partial charge in [-0.25, -0.2) is 0 Å². The smallest absolute Gasteiger partial charge is 0.306 e. The van der Waals surface area contributed by atoms with Crippen LogP contribution in [0.3, 0.4) is 0 Å². The average molecular weight is 151 g/mol. The van der Waals surface area contributed by atoms with Crippen LogP contribution >= 0.6 is 0 Å². The summed E-state index contributed by atoms with van der Waals surface area (Å²) in [5.41, 5.74) is 0. The molecule has 60 valence electrons. The van der Waals surface area contributed by atoms with Crippen LogP contribution < -0.4 is 5.39 Å². The molecule has 10 heavy (non-hydrogen) atoms. The number of nitrogens with one attached hydrogen (secondary N) is 1. The van der Waals surface area contributed by atoms with E-state index in [1.165, 1.54) is 6.92 Å². The fourth-order valence-electron chi connectivity index (χ4n) is 0.460. The molecular formula is C4H9NO5. The highest BCUT2D eigenvalue weighted by Gasteiger charge is 2.10. The molecule has 6 nitrogen and oxygen atoms in total. The molecule has 0 bridgehead atoms. The molecule has 0 heterocycles. The van der Waals surface area contributed by atoms with Crippen molar-refractivity contribution in [3.8, 4) is 0 Å². The van der Waals surface area contributed by atoms with Crippen molar-refractivity contribution in [1.82, 2.24) is 0 Å². The molecule has 6 heteroatoms. The number of carboxylic acids is 1. The van der Waals surface area contributed by atoms with Gasteiger partial charge in [0, 0.05) is 0 Å². The Morgan fingerprint density at radius 1 is 1.90 bits per heavy atom. The lowest BCUT2D eigenvalue weighted by molar-refractivity contribution is -1.21. The van der Waals surface area contributed by atoms with Crippen LogP contribution in [0.1, 0.15) is 13.3 Å². The second-order valence-corrected chi connectivity index (χ2v) is 1.79. The summed E-state index contributed by atoms with van der Waals surface area (Å²) < 4.78 is 0. The van der Waals surface area contributed by atoms with Crippen LogP contribution in [0.4, 0.5) is 0 Å². The topological polar surface area (TPSA) is 94.3 Å². The molecule has 2 atom stereocenters. The van der Waals surface area contributed by atoms with Gasteiger partial charge in [0.25, 0.3) is 0 Å². The van der Waals surface area contributed by atoms with Gasteiger partial charge in [-0.1, -0.05) is 5.39 Å². The predicted octanol–water partition coefficient (Wildman–Crippen LogP) is -1.45. The number of hydrogen-bond acceptors (Lipinski definition) is 4. The lowest BCUT2D eigenvalue weighted by Crippen LogP contribution is -3.04. The zero-order chi connectivity index (χ0) is 8.15. The molecular weight excluding hydrogens is 142 g/mol. The van der Waals surface area contributed by atoms with Crippen molar-refractivity contribution in [2.24, 2.45) is 0 Å². The maximum absolute atomic E-state index is 9.92. The van der Waals surface area contributed by atoms with Crippen molar-refractivity contribution >= 4 is 5.97 Å². The number of quaternary nitrogens is 1. The molecule has 0 aromatic rings. The van der Waals surface area contributed by atoms with Gasteiger partial charge in [0.05, 0.1) is 6.42 Å². The van der Waals surface area contributed by atoms with Crippen molar-refractivity contribution in [1.29, 1.82) is 0 Å². The van der Waals surface area contributed by atoms with E-state index < -0.39 is 17.5 Å². The van der Waals surface area contributed by atoms with Crippen molar-refractivity contribution in [3.05, 3.63) is 5.21 Å². The minimum Gasteiger partial charge on any atom is -0.566 e. The third kappa shape index (κ3) is 5.45. The summed E-state index contributed by atoms with van der Waals surface area (Å²) in [4.78, 5) is 14.0. The number of rotatable bonds is 4. The van der Waals surface area contributed by atoms with Crippen molar-refractivity contribution in [2.45, 2.75) is 19.4 Å². The fourth-order valence-corrected chi connectivity index (χ4v) is 0.460. The standard InChI is InChI=1S/C4H9NO5/c1-3(2-4(6)7)10-5(8)9/h3,5,8H,2H2,1H3,(H,6,7)/t3-/m1/s1. The van der Waals surface area contributed by atoms with Crippen molar-refractivity contribution in [2.75, 3.05) is 0 Å². The predicted molar refractivity (Wildman–Crippen MR) is 28.9 cm³/mol. The first kappa shape index (κ1) is 9.31. The largest absolute Gasteiger partial charge is 0.566 e. The molecule has 0 saturated carbocycles. The molecule has 0 saturated heterocycles. The van der Waals surface area contributed by atoms with Crippen molar-refractivity contribution in [3.63, 3.8) is 0 Å². The molecule has 0 aliphatic heterocycles. The highest BCUT2D eigenvalue weighted by molar-refractivity contribution is 5.67. The Kier molecular flexibility index (Phi) is 3.89. The van der Waals surface area contributed by atoms with Crippen LogP contribution in [-0.4, -0.2) is 22.4 Å². The Bertz CT molecular complexity index is 114. The molecule has 0 rings (SSSR count). The Morgan fingerprint density at radius 3 is 2.70 bits per heavy atom. The fraction of sp³-hybridized carbons (Fsp3) is 0.750. The quantitative estimate of drug-likeness (QED) is 0.427. The molecule has 0 spiro atoms. The number of aliphatic carboxylic acids is 1. The van der Waals surface area contributed by atoms with Gasteiger partial charge in [-0.05, 0) is 6.92 Å². The Labute approximate surface area is 57.1 Å². The normalized spacial score (nSPS) is 16.3. The van der Waals surface area contributed by atoms with E-state index in [0.29, 0.717) is 0 Å². The first-order valence-corrected chi connectivity index (χ1v) is 2.63. The first-order chi connectivity index (χ1) is 4.52. The SMILES string of the molecule is C[C@H](CC(=O)O)O[NH+]([O-])O. The average Bonchev–Trinajstić information content (AvgIpc) is 1.58. The maximum Gasteiger partial charge on any atom is 0.306 e. The summed E-state index contributed by atoms with van der Waals surface area (Å²) in [6.45, 7) is 1.38. The van der Waals surface area contributed by atoms with Gasteiger partial charge in [0.15, 0.2) is 0 Å². The summed E-state index contributed by atoms with van der Waals surface area (Å²) in [6, 6.07) is 0. The summed E-state index contributed by atoms with van der Waals surface area (Å²) >= 11 is 0. The Morgan fingerprint density at radius 2 is 2.40 bits per heavy atom. The first-order valence-electron chi connectivity index (χ1n) is 2.63. The van der Waals surface area contributed by atoms with Crippen LogP contribution in [0.5, 0.6) is 0 Å². The summed E-state index contributed by atoms with van der Waals surface area (Å²) in [5.74, 6) is -1.08. The Hall–Kier alpha value is -0.690. The summed E-state index contributed by atoms with van der Waals surface area (Å²) in [6.07, 6.45) is -1.08. The van der Waals surface area contributed by atoms with Gasteiger partial charge in [-0.3, -0.25) is 4.79 Å². The highest BCUT2D eigenvalue weighted by atomic mass is 17.1. The number of carboxylic acid groups (broad SMARTS) is 1. The van der Waals surface area contributed by atoms with E-state index in [1.54, 1.807) is 0 Å². The van der Waals surface area contributed by atoms with Gasteiger partial charge >= 0.3 is 5.97 Å². The van der Waals surface area contributed by atoms with E-state index in [-0.39, 0.29) is 6.42 Å². The van der Waals surface area contributed by atoms with E-state index in [9.17, 15) is 10.0 Å². The van der Waals surface area contributed by atoms with E-state index in [4.69, 9.17) is 10.3 Å². The van der Waals surface area contributed by atoms with E-state index in [0.717, 1.165) is 0 Å². The third-order valence-corrected chi connectivity index (χ3v) is 0.764. The third-order valence-electron chi connectivity index (χ3n) is 0.764. The van der Waals surface area contributed by atoms with Gasteiger partial charge in [0.1, 0.15) is 6.10 Å². The minimum atomic E-state index is -1.45. The lowest BCUT2D eigenvalue weighted by Gasteiger charge is -2.13. The lowest BCUT2D eigenvalue weighted by atomic mass is 10.3. The highest BCUT2D eigenvalue weighted by Crippen LogP contribution is 1.91. The second kappa shape index (κ2) is 4.18. The molecule has 1 unspecified atom stereocenters. The van der Waals surface area contributed by atoms with Crippen molar-refractivity contribution < 1.29 is 25.3 Å². The van der Waals surface area contributed by atoms with E-state index in [2.05, 4.69) is 4.84 Å². The van der Waals surface area contributed by atoms with E-state index >= 15 is 0 Å². The van der Waals surface area contributed by atoms with Crippen LogP contribution in [0, 0.1) is 5.21 Å². The zero-order valence-electron chi connectivity index (χ0n) is 5.40. The number of hydrogen-bond donors (Lipinski definition) is 3. The molecule has 0 aromatic heterocycles. The van der Waals surface area contributed by atoms with Gasteiger partial charge in [-0.2, -0.15) is 10.0 Å². The molecule has 0 aromatic carbocycles. The zero-order valence-corrected chi connectivity index (χ0v) is 5.40. The molecule has 0 fully saturated rings. The molecule has 0 aliphatic rings. The number of carbonyl (C=O) groups is 1. The van der Waals surface area contributed by atoms with Gasteiger partial charge in [0.2, 0.25) is 0 Å². The van der Waals surface area contributed by atoms with Crippen LogP contribution in [-0.2, 0) is 9.63 Å². The monoisotopic (exact) mass is 151 g/mol. The molecule has 3 N–H and O–H groups in total. The van der Waals surface area contributed by atoms with Crippen LogP contribution in [0.2, 0.25) is 0 Å². The molecule has 0 aliphatic carbocycles. The summed E-state index contributed by atoms with van der Waals surface area (Å²) in [7, 11) is 0. The van der Waals surface area contributed by atoms with Gasteiger partial charge in [-0.15, -0.1) is 0 Å².